The molecule has 1 heterocycles. The van der Waals surface area contributed by atoms with E-state index in [9.17, 15) is 23.9 Å². The molecular weight excluding hydrogens is 395 g/mol. The molecule has 0 radical (unpaired) electrons. The van der Waals surface area contributed by atoms with Crippen molar-refractivity contribution >= 4 is 34.8 Å². The van der Waals surface area contributed by atoms with Crippen LogP contribution in [0.5, 0.6) is 0 Å². The van der Waals surface area contributed by atoms with Crippen LogP contribution in [0.4, 0.5) is 4.39 Å². The van der Waals surface area contributed by atoms with Gasteiger partial charge in [0.25, 0.3) is 0 Å². The standard InChI is InChI=1S/C20H23FN4O5/c1-11(2)30-20(29)16(6-4-14(26)10-24-22)25-19(28)18(27)7-12-9-23-17-8-13(21)3-5-15(12)17/h3,5,8-11,16,18,23,27H,4,6-7H2,1-2H3,(H,25,28)/t16-,18-/m0/s1. The number of benzene rings is 1. The summed E-state index contributed by atoms with van der Waals surface area (Å²) in [7, 11) is 0. The summed E-state index contributed by atoms with van der Waals surface area (Å²) in [4.78, 5) is 41.7. The number of hydrogen-bond acceptors (Lipinski definition) is 5. The van der Waals surface area contributed by atoms with E-state index in [0.29, 0.717) is 22.7 Å². The van der Waals surface area contributed by atoms with Gasteiger partial charge in [-0.3, -0.25) is 9.59 Å². The molecule has 0 fully saturated rings. The van der Waals surface area contributed by atoms with Crippen molar-refractivity contribution in [2.24, 2.45) is 0 Å². The highest BCUT2D eigenvalue weighted by molar-refractivity contribution is 6.25. The van der Waals surface area contributed by atoms with E-state index in [1.807, 2.05) is 0 Å². The molecule has 1 aromatic carbocycles. The second kappa shape index (κ2) is 10.4. The Labute approximate surface area is 171 Å². The van der Waals surface area contributed by atoms with Gasteiger partial charge in [-0.05, 0) is 44.0 Å². The van der Waals surface area contributed by atoms with Crippen LogP contribution in [0, 0.1) is 5.82 Å². The molecule has 160 valence electrons. The minimum absolute atomic E-state index is 0.0699. The number of aliphatic hydroxyl groups excluding tert-OH is 1. The second-order valence-electron chi connectivity index (χ2n) is 7.02. The van der Waals surface area contributed by atoms with Crippen molar-refractivity contribution in [2.75, 3.05) is 0 Å². The van der Waals surface area contributed by atoms with Gasteiger partial charge in [0, 0.05) is 29.9 Å². The van der Waals surface area contributed by atoms with Crippen LogP contribution in [0.25, 0.3) is 16.4 Å². The predicted octanol–water partition coefficient (Wildman–Crippen LogP) is 1.30. The van der Waals surface area contributed by atoms with Gasteiger partial charge in [0.15, 0.2) is 0 Å². The number of ketones is 1. The van der Waals surface area contributed by atoms with E-state index in [1.165, 1.54) is 18.2 Å². The zero-order valence-electron chi connectivity index (χ0n) is 16.6. The van der Waals surface area contributed by atoms with E-state index < -0.39 is 41.7 Å². The molecule has 0 aliphatic carbocycles. The number of fused-ring (bicyclic) bond motifs is 1. The molecule has 0 spiro atoms. The summed E-state index contributed by atoms with van der Waals surface area (Å²) in [5.74, 6) is -2.52. The highest BCUT2D eigenvalue weighted by Crippen LogP contribution is 2.20. The largest absolute Gasteiger partial charge is 0.461 e. The first-order valence-corrected chi connectivity index (χ1v) is 9.36. The molecule has 3 N–H and O–H groups in total. The SMILES string of the molecule is CC(C)OC(=O)[C@H](CCC(=O)C=[N+]=[N-])NC(=O)[C@@H](O)Cc1c[nH]c2cc(F)ccc12. The number of nitrogens with one attached hydrogen (secondary N) is 2. The van der Waals surface area contributed by atoms with Crippen molar-refractivity contribution in [3.05, 3.63) is 41.3 Å². The Hall–Kier alpha value is -3.36. The lowest BCUT2D eigenvalue weighted by Gasteiger charge is -2.20. The van der Waals surface area contributed by atoms with E-state index in [-0.39, 0.29) is 19.3 Å². The molecule has 0 saturated heterocycles. The number of aliphatic hydroxyl groups is 1. The lowest BCUT2D eigenvalue weighted by molar-refractivity contribution is -0.152. The zero-order chi connectivity index (χ0) is 22.3. The Bertz CT molecular complexity index is 981. The van der Waals surface area contributed by atoms with Gasteiger partial charge < -0.3 is 25.7 Å². The van der Waals surface area contributed by atoms with Gasteiger partial charge in [0.2, 0.25) is 11.7 Å². The molecule has 0 unspecified atom stereocenters. The minimum atomic E-state index is -1.49. The van der Waals surface area contributed by atoms with Gasteiger partial charge in [0.05, 0.1) is 6.10 Å². The molecule has 0 bridgehead atoms. The summed E-state index contributed by atoms with van der Waals surface area (Å²) in [6.45, 7) is 3.27. The van der Waals surface area contributed by atoms with Crippen molar-refractivity contribution in [1.82, 2.24) is 10.3 Å². The molecule has 2 atom stereocenters. The Balaban J connectivity index is 2.07. The van der Waals surface area contributed by atoms with Crippen LogP contribution in [0.2, 0.25) is 0 Å². The van der Waals surface area contributed by atoms with Crippen LogP contribution in [-0.4, -0.2) is 57.0 Å². The number of amides is 1. The van der Waals surface area contributed by atoms with Gasteiger partial charge in [-0.25, -0.2) is 9.18 Å². The number of aromatic amines is 1. The Morgan fingerprint density at radius 1 is 1.37 bits per heavy atom. The number of aromatic nitrogens is 1. The van der Waals surface area contributed by atoms with Crippen LogP contribution in [0.15, 0.2) is 24.4 Å². The molecule has 0 saturated carbocycles. The quantitative estimate of drug-likeness (QED) is 0.230. The molecule has 0 aliphatic rings. The van der Waals surface area contributed by atoms with Crippen molar-refractivity contribution in [3.63, 3.8) is 0 Å². The highest BCUT2D eigenvalue weighted by Gasteiger charge is 2.27. The summed E-state index contributed by atoms with van der Waals surface area (Å²) in [6.07, 6.45) is -0.00636. The Kier molecular flexibility index (Phi) is 7.97. The Morgan fingerprint density at radius 3 is 2.77 bits per heavy atom. The summed E-state index contributed by atoms with van der Waals surface area (Å²) in [6, 6.07) is 2.95. The first-order chi connectivity index (χ1) is 14.2. The maximum atomic E-state index is 13.3. The number of halogens is 1. The molecule has 1 amide bonds. The second-order valence-corrected chi connectivity index (χ2v) is 7.02. The summed E-state index contributed by atoms with van der Waals surface area (Å²) in [5.41, 5.74) is 9.52. The monoisotopic (exact) mass is 418 g/mol. The molecule has 2 rings (SSSR count). The number of Topliss-reactive ketones (excluding diaryl/α,β-unsaturated/α-hetero) is 1. The number of rotatable bonds is 10. The fourth-order valence-electron chi connectivity index (χ4n) is 2.88. The first kappa shape index (κ1) is 22.9. The van der Waals surface area contributed by atoms with Crippen LogP contribution in [0.3, 0.4) is 0 Å². The Morgan fingerprint density at radius 2 is 2.10 bits per heavy atom. The minimum Gasteiger partial charge on any atom is -0.461 e. The lowest BCUT2D eigenvalue weighted by atomic mass is 10.0. The number of H-pyrrole nitrogens is 1. The number of nitrogens with zero attached hydrogens (tertiary/aromatic N) is 2. The molecule has 0 aliphatic heterocycles. The molecule has 9 nitrogen and oxygen atoms in total. The number of hydrogen-bond donors (Lipinski definition) is 3. The summed E-state index contributed by atoms with van der Waals surface area (Å²) >= 11 is 0. The molecule has 10 heteroatoms. The van der Waals surface area contributed by atoms with Crippen LogP contribution >= 0.6 is 0 Å². The third kappa shape index (κ3) is 6.33. The lowest BCUT2D eigenvalue weighted by Crippen LogP contribution is -2.47. The fourth-order valence-corrected chi connectivity index (χ4v) is 2.88. The summed E-state index contributed by atoms with van der Waals surface area (Å²) < 4.78 is 18.4. The van der Waals surface area contributed by atoms with Gasteiger partial charge in [0.1, 0.15) is 18.0 Å². The fraction of sp³-hybridized carbons (Fsp3) is 0.400. The van der Waals surface area contributed by atoms with Gasteiger partial charge >= 0.3 is 12.2 Å². The van der Waals surface area contributed by atoms with Crippen LogP contribution < -0.4 is 5.32 Å². The zero-order valence-corrected chi connectivity index (χ0v) is 16.6. The van der Waals surface area contributed by atoms with Crippen molar-refractivity contribution in [1.29, 1.82) is 0 Å². The van der Waals surface area contributed by atoms with Crippen molar-refractivity contribution in [3.8, 4) is 0 Å². The number of ether oxygens (including phenoxy) is 1. The van der Waals surface area contributed by atoms with E-state index in [4.69, 9.17) is 10.3 Å². The third-order valence-electron chi connectivity index (χ3n) is 4.28. The number of esters is 1. The maximum absolute atomic E-state index is 13.3. The maximum Gasteiger partial charge on any atom is 0.328 e. The molecule has 2 aromatic rings. The normalized spacial score (nSPS) is 12.8. The summed E-state index contributed by atoms with van der Waals surface area (Å²) in [5, 5.41) is 13.4. The van der Waals surface area contributed by atoms with E-state index >= 15 is 0 Å². The number of carbonyl (C=O) groups excluding carboxylic acids is 3. The molecule has 30 heavy (non-hydrogen) atoms. The predicted molar refractivity (Wildman–Crippen MR) is 105 cm³/mol. The molecule has 1 aromatic heterocycles. The van der Waals surface area contributed by atoms with Crippen molar-refractivity contribution in [2.45, 2.75) is 51.4 Å². The topological polar surface area (TPSA) is 145 Å². The van der Waals surface area contributed by atoms with Crippen molar-refractivity contribution < 1.29 is 33.4 Å². The highest BCUT2D eigenvalue weighted by atomic mass is 19.1. The molecular formula is C20H23FN4O5. The van der Waals surface area contributed by atoms with Gasteiger partial charge in [-0.15, -0.1) is 0 Å². The van der Waals surface area contributed by atoms with Gasteiger partial charge in [-0.1, -0.05) is 0 Å². The average Bonchev–Trinajstić information content (AvgIpc) is 3.06. The third-order valence-corrected chi connectivity index (χ3v) is 4.28. The van der Waals surface area contributed by atoms with Crippen LogP contribution in [-0.2, 0) is 25.5 Å². The number of carbonyl (C=O) groups is 3. The van der Waals surface area contributed by atoms with E-state index in [2.05, 4.69) is 15.1 Å². The van der Waals surface area contributed by atoms with Crippen LogP contribution in [0.1, 0.15) is 32.3 Å². The first-order valence-electron chi connectivity index (χ1n) is 9.36. The smallest absolute Gasteiger partial charge is 0.328 e. The average molecular weight is 418 g/mol. The van der Waals surface area contributed by atoms with Gasteiger partial charge in [-0.2, -0.15) is 4.79 Å². The van der Waals surface area contributed by atoms with E-state index in [1.54, 1.807) is 20.0 Å². The van der Waals surface area contributed by atoms with E-state index in [0.717, 1.165) is 0 Å².